The molecule has 0 bridgehead atoms. The lowest BCUT2D eigenvalue weighted by molar-refractivity contribution is 0.590. The molecule has 0 atom stereocenters. The van der Waals surface area contributed by atoms with Crippen LogP contribution in [0.3, 0.4) is 0 Å². The number of hydrogen-bond acceptors (Lipinski definition) is 8. The number of hydrogen-bond donors (Lipinski definition) is 0. The van der Waals surface area contributed by atoms with E-state index in [2.05, 4.69) is 160 Å². The average molecular weight is 1360 g/mol. The first-order valence-corrected chi connectivity index (χ1v) is 34.1. The highest BCUT2D eigenvalue weighted by atomic mass is 35.5. The number of halogens is 6. The van der Waals surface area contributed by atoms with Crippen molar-refractivity contribution >= 4 is 99.5 Å². The number of benzene rings is 7. The molecule has 14 rings (SSSR count). The highest BCUT2D eigenvalue weighted by molar-refractivity contribution is 6.31. The monoisotopic (exact) mass is 1360 g/mol. The summed E-state index contributed by atoms with van der Waals surface area (Å²) in [6.45, 7) is 29.8. The van der Waals surface area contributed by atoms with Gasteiger partial charge in [0.05, 0.1) is 44.7 Å². The fraction of sp³-hybridized carbons (Fsp3) is 0.247. The van der Waals surface area contributed by atoms with Crippen LogP contribution in [0.5, 0.6) is 0 Å². The zero-order chi connectivity index (χ0) is 71.6. The Morgan fingerprint density at radius 1 is 0.283 bits per heavy atom. The molecule has 506 valence electrons. The van der Waals surface area contributed by atoms with Crippen molar-refractivity contribution in [3.8, 4) is 6.07 Å². The van der Waals surface area contributed by atoms with Crippen molar-refractivity contribution in [2.24, 2.45) is 0 Å². The van der Waals surface area contributed by atoms with Crippen molar-refractivity contribution in [1.29, 1.82) is 5.26 Å². The van der Waals surface area contributed by atoms with Gasteiger partial charge in [-0.1, -0.05) is 144 Å². The van der Waals surface area contributed by atoms with Crippen LogP contribution >= 0.6 is 23.2 Å². The van der Waals surface area contributed by atoms with Crippen LogP contribution in [0, 0.1) is 34.6 Å². The lowest BCUT2D eigenvalue weighted by Gasteiger charge is -2.09. The molecule has 0 aliphatic heterocycles. The molecule has 7 aromatic heterocycles. The summed E-state index contributed by atoms with van der Waals surface area (Å²) in [5.74, 6) is 1.48. The van der Waals surface area contributed by atoms with Crippen LogP contribution in [-0.2, 0) is 0 Å². The van der Waals surface area contributed by atoms with Gasteiger partial charge in [-0.3, -0.25) is 34.9 Å². The molecule has 0 N–H and O–H groups in total. The molecular weight excluding hydrogens is 1280 g/mol. The first-order valence-electron chi connectivity index (χ1n) is 33.4. The lowest BCUT2D eigenvalue weighted by Crippen LogP contribution is -1.94. The molecule has 0 saturated heterocycles. The zero-order valence-corrected chi connectivity index (χ0v) is 60.1. The molecule has 0 unspecified atom stereocenters. The minimum Gasteiger partial charge on any atom is -0.256 e. The molecular formula is C85H84Cl2F4N8. The highest BCUT2D eigenvalue weighted by Gasteiger charge is 2.14. The Kier molecular flexibility index (Phi) is 26.6. The van der Waals surface area contributed by atoms with Gasteiger partial charge in [-0.05, 0) is 214 Å². The largest absolute Gasteiger partial charge is 0.256 e. The van der Waals surface area contributed by atoms with Crippen LogP contribution in [0.2, 0.25) is 10.0 Å². The molecule has 0 saturated carbocycles. The van der Waals surface area contributed by atoms with Gasteiger partial charge in [-0.25, -0.2) is 17.6 Å². The third-order valence-electron chi connectivity index (χ3n) is 16.7. The molecule has 0 aliphatic rings. The maximum Gasteiger partial charge on any atom is 0.152 e. The Hall–Kier alpha value is -9.80. The molecule has 8 nitrogen and oxygen atoms in total. The van der Waals surface area contributed by atoms with Crippen LogP contribution in [0.25, 0.3) is 76.3 Å². The lowest BCUT2D eigenvalue weighted by atomic mass is 9.98. The van der Waals surface area contributed by atoms with Gasteiger partial charge in [0, 0.05) is 103 Å². The third kappa shape index (κ3) is 19.7. The third-order valence-corrected chi connectivity index (χ3v) is 17.2. The predicted octanol–water partition coefficient (Wildman–Crippen LogP) is 25.2. The maximum absolute atomic E-state index is 13.4. The Balaban J connectivity index is 0.000000147. The number of rotatable bonds is 7. The predicted molar refractivity (Wildman–Crippen MR) is 405 cm³/mol. The number of pyridine rings is 7. The normalized spacial score (nSPS) is 11.1. The van der Waals surface area contributed by atoms with E-state index in [-0.39, 0.29) is 23.1 Å². The van der Waals surface area contributed by atoms with E-state index in [0.29, 0.717) is 46.5 Å². The Labute approximate surface area is 589 Å². The molecule has 7 heterocycles. The molecule has 7 aromatic carbocycles. The van der Waals surface area contributed by atoms with Crippen LogP contribution in [-0.4, -0.2) is 34.9 Å². The van der Waals surface area contributed by atoms with Crippen LogP contribution < -0.4 is 0 Å². The first kappa shape index (κ1) is 75.0. The van der Waals surface area contributed by atoms with Crippen molar-refractivity contribution in [3.05, 3.63) is 291 Å². The van der Waals surface area contributed by atoms with E-state index in [0.717, 1.165) is 81.9 Å². The number of aromatic nitrogens is 7. The van der Waals surface area contributed by atoms with Crippen LogP contribution in [0.15, 0.2) is 213 Å². The smallest absolute Gasteiger partial charge is 0.152 e. The number of fused-ring (bicyclic) bond motifs is 7. The van der Waals surface area contributed by atoms with Crippen molar-refractivity contribution in [2.45, 2.75) is 138 Å². The highest BCUT2D eigenvalue weighted by Crippen LogP contribution is 2.32. The molecule has 0 fully saturated rings. The fourth-order valence-corrected chi connectivity index (χ4v) is 12.0. The van der Waals surface area contributed by atoms with E-state index in [4.69, 9.17) is 28.5 Å². The molecule has 99 heavy (non-hydrogen) atoms. The summed E-state index contributed by atoms with van der Waals surface area (Å²) >= 11 is 11.9. The van der Waals surface area contributed by atoms with Crippen molar-refractivity contribution in [3.63, 3.8) is 0 Å². The second-order valence-corrected chi connectivity index (χ2v) is 27.0. The van der Waals surface area contributed by atoms with E-state index in [1.165, 1.54) is 62.9 Å². The van der Waals surface area contributed by atoms with Gasteiger partial charge >= 0.3 is 0 Å². The topological polar surface area (TPSA) is 114 Å². The quantitative estimate of drug-likeness (QED) is 0.145. The van der Waals surface area contributed by atoms with Gasteiger partial charge in [-0.15, -0.1) is 0 Å². The van der Waals surface area contributed by atoms with Crippen molar-refractivity contribution < 1.29 is 17.6 Å². The zero-order valence-electron chi connectivity index (χ0n) is 58.6. The summed E-state index contributed by atoms with van der Waals surface area (Å²) in [5.41, 5.74) is 15.1. The maximum atomic E-state index is 13.4. The Morgan fingerprint density at radius 2 is 0.606 bits per heavy atom. The fourth-order valence-electron chi connectivity index (χ4n) is 11.6. The van der Waals surface area contributed by atoms with Gasteiger partial charge in [0.1, 0.15) is 23.0 Å². The summed E-state index contributed by atoms with van der Waals surface area (Å²) in [4.78, 5) is 29.5. The summed E-state index contributed by atoms with van der Waals surface area (Å²) in [5, 5.41) is 17.6. The SMILES string of the molecule is CC(C)c1ccnc2c(F)cc(F)cc12.CC(C)c1ccnc2cc(Cl)ccc12.CC(C)c1ccnc2cc(F)ccc12.CC(C)c1ccnc2ccc(C#N)cc12.CC(C)c1ccnc2ccc(Cl)cc12.CC(C)c1ccnc2ccc(F)cc12.CC(C)c1ccnc2ccccc12. The summed E-state index contributed by atoms with van der Waals surface area (Å²) < 4.78 is 52.4. The van der Waals surface area contributed by atoms with E-state index in [9.17, 15) is 17.6 Å². The number of nitrogens with zero attached hydrogens (tertiary/aromatic N) is 8. The van der Waals surface area contributed by atoms with Crippen LogP contribution in [0.4, 0.5) is 17.6 Å². The summed E-state index contributed by atoms with van der Waals surface area (Å²) in [6.07, 6.45) is 12.5. The molecule has 14 aromatic rings. The number of nitriles is 1. The van der Waals surface area contributed by atoms with E-state index >= 15 is 0 Å². The van der Waals surface area contributed by atoms with Gasteiger partial charge in [0.25, 0.3) is 0 Å². The van der Waals surface area contributed by atoms with Crippen LogP contribution in [0.1, 0.15) is 183 Å². The van der Waals surface area contributed by atoms with Gasteiger partial charge in [0.15, 0.2) is 5.82 Å². The van der Waals surface area contributed by atoms with Gasteiger partial charge in [-0.2, -0.15) is 5.26 Å². The first-order chi connectivity index (χ1) is 47.3. The van der Waals surface area contributed by atoms with E-state index in [1.54, 1.807) is 48.9 Å². The Bertz CT molecular complexity index is 4920. The van der Waals surface area contributed by atoms with Crippen molar-refractivity contribution in [1.82, 2.24) is 34.9 Å². The summed E-state index contributed by atoms with van der Waals surface area (Å²) in [6, 6.07) is 53.4. The second kappa shape index (κ2) is 35.1. The van der Waals surface area contributed by atoms with Gasteiger partial charge < -0.3 is 0 Å². The molecule has 0 amide bonds. The standard InChI is InChI=1S/C13H12N2.2C12H12ClN.C12H11F2N.2C12H12FN.C12H13N/c1-9(2)11-5-6-15-13-4-3-10(8-14)7-12(11)13;1-8(2)10-5-6-14-12-4-3-9(13)7-11(10)12;1-8(2)10-5-6-14-12-7-9(13)3-4-11(10)12;1-7(2)9-3-4-15-12-10(9)5-8(13)6-11(12)14;1-8(2)10-5-6-14-12-4-3-9(13)7-11(10)12;1-8(2)10-5-6-14-12-7-9(13)3-4-11(10)12;1-9(2)10-7-8-13-12-6-4-3-5-11(10)12/h3-7,9H,1-2H3;2*3-8H,1-2H3;3-7H,1-2H3;2*3-8H,1-2H3;3-9H,1-2H3. The minimum atomic E-state index is -0.604. The van der Waals surface area contributed by atoms with E-state index in [1.807, 2.05) is 111 Å². The van der Waals surface area contributed by atoms with E-state index < -0.39 is 11.6 Å². The van der Waals surface area contributed by atoms with Gasteiger partial charge in [0.2, 0.25) is 0 Å². The van der Waals surface area contributed by atoms with Crippen molar-refractivity contribution in [2.75, 3.05) is 0 Å². The molecule has 0 radical (unpaired) electrons. The average Bonchev–Trinajstić information content (AvgIpc) is 0.823. The molecule has 14 heteroatoms. The minimum absolute atomic E-state index is 0.201. The molecule has 0 aliphatic carbocycles. The second-order valence-electron chi connectivity index (χ2n) is 26.2. The number of para-hydroxylation sites is 1. The summed E-state index contributed by atoms with van der Waals surface area (Å²) in [7, 11) is 0. The Morgan fingerprint density at radius 3 is 1.09 bits per heavy atom. The molecule has 0 spiro atoms.